The molecule has 1 N–H and O–H groups in total. The van der Waals surface area contributed by atoms with E-state index in [0.29, 0.717) is 23.2 Å². The Bertz CT molecular complexity index is 2180. The number of para-hydroxylation sites is 1. The summed E-state index contributed by atoms with van der Waals surface area (Å²) in [4.78, 5) is 35.5. The fraction of sp³-hybridized carbons (Fsp3) is 0.109. The van der Waals surface area contributed by atoms with Crippen molar-refractivity contribution >= 4 is 53.0 Å². The molecule has 2 atom stereocenters. The van der Waals surface area contributed by atoms with Crippen LogP contribution in [-0.4, -0.2) is 51.4 Å². The van der Waals surface area contributed by atoms with Crippen LogP contribution in [0.15, 0.2) is 192 Å². The molecule has 0 saturated carbocycles. The molecule has 55 heavy (non-hydrogen) atoms. The number of benzene rings is 6. The molecule has 2 aliphatic rings. The smallest absolute Gasteiger partial charge is 0.356 e. The van der Waals surface area contributed by atoms with E-state index in [1.165, 1.54) is 15.9 Å². The van der Waals surface area contributed by atoms with Gasteiger partial charge >= 0.3 is 5.97 Å². The van der Waals surface area contributed by atoms with Crippen LogP contribution in [-0.2, 0) is 14.3 Å². The number of hydrogen-bond acceptors (Lipinski definition) is 6. The molecule has 0 unspecified atom stereocenters. The molecule has 274 valence electrons. The lowest BCUT2D eigenvalue weighted by Crippen LogP contribution is -3.00. The highest BCUT2D eigenvalue weighted by molar-refractivity contribution is 8.00. The molecule has 0 aromatic heterocycles. The summed E-state index contributed by atoms with van der Waals surface area (Å²) in [5, 5.41) is 13.5. The van der Waals surface area contributed by atoms with Crippen LogP contribution in [0.2, 0.25) is 0 Å². The first kappa shape index (κ1) is 38.3. The van der Waals surface area contributed by atoms with Gasteiger partial charge in [-0.1, -0.05) is 127 Å². The van der Waals surface area contributed by atoms with Gasteiger partial charge in [-0.15, -0.1) is 11.8 Å². The number of phenolic OH excluding ortho intramolecular Hbond substituents is 1. The van der Waals surface area contributed by atoms with Gasteiger partial charge in [0, 0.05) is 23.1 Å². The van der Waals surface area contributed by atoms with Crippen molar-refractivity contribution < 1.29 is 43.4 Å². The first-order valence-electron chi connectivity index (χ1n) is 17.9. The highest BCUT2D eigenvalue weighted by Gasteiger charge is 2.56. The Morgan fingerprint density at radius 1 is 0.727 bits per heavy atom. The number of β-lactam (4-membered cyclic amide) rings is 1. The minimum Gasteiger partial charge on any atom is -1.00 e. The Morgan fingerprint density at radius 2 is 1.18 bits per heavy atom. The van der Waals surface area contributed by atoms with Gasteiger partial charge in [-0.3, -0.25) is 14.7 Å². The number of halogens is 1. The van der Waals surface area contributed by atoms with Crippen molar-refractivity contribution in [2.45, 2.75) is 17.5 Å². The number of fused-ring (bicyclic) bond motifs is 1. The number of aliphatic imine (C=N–C) groups is 1. The molecule has 1 fully saturated rings. The predicted molar refractivity (Wildman–Crippen MR) is 220 cm³/mol. The molecule has 0 radical (unpaired) electrons. The number of rotatable bonds is 11. The Morgan fingerprint density at radius 3 is 1.67 bits per heavy atom. The molecule has 0 bridgehead atoms. The Kier molecular flexibility index (Phi) is 12.0. The number of hydrogen-bond donors (Lipinski definition) is 1. The van der Waals surface area contributed by atoms with Crippen molar-refractivity contribution in [3.05, 3.63) is 204 Å². The zero-order valence-corrected chi connectivity index (χ0v) is 33.6. The second kappa shape index (κ2) is 17.2. The van der Waals surface area contributed by atoms with E-state index in [4.69, 9.17) is 4.74 Å². The zero-order valence-electron chi connectivity index (χ0n) is 29.8. The maximum Gasteiger partial charge on any atom is 0.356 e. The Labute approximate surface area is 343 Å². The van der Waals surface area contributed by atoms with Crippen molar-refractivity contribution in [2.24, 2.45) is 4.99 Å². The summed E-state index contributed by atoms with van der Waals surface area (Å²) >= 11 is 1.61. The topological polar surface area (TPSA) is 79.2 Å². The van der Waals surface area contributed by atoms with Gasteiger partial charge in [0.15, 0.2) is 12.1 Å². The number of carbonyl (C=O) groups excluding carboxylic acids is 2. The van der Waals surface area contributed by atoms with Crippen LogP contribution in [0.25, 0.3) is 0 Å². The van der Waals surface area contributed by atoms with E-state index in [0.717, 1.165) is 16.7 Å². The van der Waals surface area contributed by atoms with E-state index in [1.807, 2.05) is 84.9 Å². The molecule has 1 amide bonds. The molecule has 6 nitrogen and oxygen atoms in total. The SMILES string of the molecule is O=C(OC(c1ccccc1)c1ccccc1)C1=C(C[P+](c2ccccc2)(c2ccccc2)c2ccccc2)CS[C@@H]2[C@H](/N=C/c3ccccc3O)C(=O)N12.[I-]. The fourth-order valence-corrected chi connectivity index (χ4v) is 13.1. The average Bonchev–Trinajstić information content (AvgIpc) is 3.24. The molecule has 2 aliphatic heterocycles. The molecule has 6 aromatic rings. The minimum absolute atomic E-state index is 0. The van der Waals surface area contributed by atoms with Crippen LogP contribution in [0.1, 0.15) is 22.8 Å². The van der Waals surface area contributed by atoms with Gasteiger partial charge in [0.05, 0.1) is 6.16 Å². The maximum absolute atomic E-state index is 15.0. The summed E-state index contributed by atoms with van der Waals surface area (Å²) < 4.78 is 6.55. The van der Waals surface area contributed by atoms with Crippen molar-refractivity contribution in [1.82, 2.24) is 4.90 Å². The number of phenols is 1. The lowest BCUT2D eigenvalue weighted by molar-refractivity contribution is -0.153. The molecular weight excluding hydrogens is 834 g/mol. The van der Waals surface area contributed by atoms with Crippen molar-refractivity contribution in [1.29, 1.82) is 0 Å². The van der Waals surface area contributed by atoms with Crippen molar-refractivity contribution in [3.63, 3.8) is 0 Å². The van der Waals surface area contributed by atoms with Crippen LogP contribution >= 0.6 is 19.0 Å². The van der Waals surface area contributed by atoms with Gasteiger partial charge in [-0.25, -0.2) is 4.79 Å². The van der Waals surface area contributed by atoms with E-state index in [-0.39, 0.29) is 35.6 Å². The Balaban J connectivity index is 0.00000465. The quantitative estimate of drug-likeness (QED) is 0.0674. The molecular formula is C46H38IN2O4PS. The summed E-state index contributed by atoms with van der Waals surface area (Å²) in [6, 6.07) is 57.2. The average molecular weight is 873 g/mol. The molecule has 0 aliphatic carbocycles. The number of carbonyl (C=O) groups is 2. The van der Waals surface area contributed by atoms with Gasteiger partial charge in [-0.05, 0) is 59.7 Å². The summed E-state index contributed by atoms with van der Waals surface area (Å²) in [5.41, 5.74) is 3.35. The highest BCUT2D eigenvalue weighted by atomic mass is 127. The van der Waals surface area contributed by atoms with E-state index in [2.05, 4.69) is 77.8 Å². The molecule has 0 spiro atoms. The molecule has 6 aromatic carbocycles. The van der Waals surface area contributed by atoms with Crippen LogP contribution < -0.4 is 39.9 Å². The van der Waals surface area contributed by atoms with Crippen molar-refractivity contribution in [3.8, 4) is 5.75 Å². The van der Waals surface area contributed by atoms with Crippen LogP contribution in [0.4, 0.5) is 0 Å². The van der Waals surface area contributed by atoms with Crippen LogP contribution in [0.5, 0.6) is 5.75 Å². The summed E-state index contributed by atoms with van der Waals surface area (Å²) in [6.45, 7) is 0. The third kappa shape index (κ3) is 7.64. The fourth-order valence-electron chi connectivity index (χ4n) is 7.34. The standard InChI is InChI=1S/C46H37N2O4PS.HI/c49-40-29-17-16-22-35(40)30-47-41-44(50)48-42(46(51)52-43(33-18-6-1-7-19-33)34-20-8-2-9-21-34)36(32-54-45(41)48)31-53(37-23-10-3-11-24-37,38-25-12-4-13-26-38)39-27-14-5-15-28-39;/h1-30,41,43,45H,31-32H2;1H/t41-,45-;/m1./s1. The molecule has 8 rings (SSSR count). The number of esters is 1. The predicted octanol–water partition coefficient (Wildman–Crippen LogP) is 4.68. The lowest BCUT2D eigenvalue weighted by Gasteiger charge is -2.48. The molecule has 2 heterocycles. The van der Waals surface area contributed by atoms with E-state index >= 15 is 0 Å². The second-order valence-corrected chi connectivity index (χ2v) is 17.8. The molecule has 9 heteroatoms. The van der Waals surface area contributed by atoms with E-state index < -0.39 is 30.8 Å². The first-order chi connectivity index (χ1) is 26.5. The van der Waals surface area contributed by atoms with Gasteiger partial charge in [0.25, 0.3) is 5.91 Å². The molecule has 1 saturated heterocycles. The van der Waals surface area contributed by atoms with E-state index in [9.17, 15) is 14.7 Å². The number of ether oxygens (including phenoxy) is 1. The third-order valence-corrected chi connectivity index (χ3v) is 15.7. The summed E-state index contributed by atoms with van der Waals surface area (Å²) in [5.74, 6) is -0.223. The van der Waals surface area contributed by atoms with Crippen LogP contribution in [0.3, 0.4) is 0 Å². The lowest BCUT2D eigenvalue weighted by atomic mass is 10.0. The van der Waals surface area contributed by atoms with Gasteiger partial charge in [0.2, 0.25) is 0 Å². The van der Waals surface area contributed by atoms with E-state index in [1.54, 1.807) is 41.1 Å². The highest BCUT2D eigenvalue weighted by Crippen LogP contribution is 2.58. The number of aromatic hydroxyl groups is 1. The van der Waals surface area contributed by atoms with Gasteiger partial charge < -0.3 is 33.8 Å². The third-order valence-electron chi connectivity index (χ3n) is 9.97. The summed E-state index contributed by atoms with van der Waals surface area (Å²) in [7, 11) is -2.44. The monoisotopic (exact) mass is 872 g/mol. The maximum atomic E-state index is 15.0. The van der Waals surface area contributed by atoms with Crippen LogP contribution in [0, 0.1) is 0 Å². The number of amides is 1. The number of nitrogens with zero attached hydrogens (tertiary/aromatic N) is 2. The first-order valence-corrected chi connectivity index (χ1v) is 20.9. The van der Waals surface area contributed by atoms with Crippen molar-refractivity contribution in [2.75, 3.05) is 11.9 Å². The van der Waals surface area contributed by atoms with Gasteiger partial charge in [-0.2, -0.15) is 0 Å². The Hall–Kier alpha value is -5.02. The number of thioether (sulfide) groups is 1. The van der Waals surface area contributed by atoms with Gasteiger partial charge in [0.1, 0.15) is 40.0 Å². The largest absolute Gasteiger partial charge is 1.00 e. The zero-order chi connectivity index (χ0) is 36.9. The minimum atomic E-state index is -2.44. The summed E-state index contributed by atoms with van der Waals surface area (Å²) in [6.07, 6.45) is 1.39. The normalized spacial score (nSPS) is 16.7. The second-order valence-electron chi connectivity index (χ2n) is 13.2.